The summed E-state index contributed by atoms with van der Waals surface area (Å²) in [5.41, 5.74) is 6.86. The summed E-state index contributed by atoms with van der Waals surface area (Å²) in [6, 6.07) is 5.26. The van der Waals surface area contributed by atoms with Crippen LogP contribution in [0.15, 0.2) is 22.7 Å². The van der Waals surface area contributed by atoms with Crippen LogP contribution in [0.25, 0.3) is 0 Å². The Morgan fingerprint density at radius 3 is 2.62 bits per heavy atom. The number of hydrogen-bond donors (Lipinski definition) is 1. The summed E-state index contributed by atoms with van der Waals surface area (Å²) >= 11 is 3.21. The smallest absolute Gasteiger partial charge is 0.142 e. The molecule has 1 nitrogen and oxygen atoms in total. The van der Waals surface area contributed by atoms with Crippen LogP contribution in [0.1, 0.15) is 30.9 Å². The number of rotatable bonds is 2. The third-order valence-corrected chi connectivity index (χ3v) is 4.74. The van der Waals surface area contributed by atoms with Crippen molar-refractivity contribution < 1.29 is 4.39 Å². The molecule has 2 N–H and O–H groups in total. The van der Waals surface area contributed by atoms with Gasteiger partial charge in [0.2, 0.25) is 0 Å². The summed E-state index contributed by atoms with van der Waals surface area (Å²) in [6.45, 7) is 0. The van der Waals surface area contributed by atoms with Crippen molar-refractivity contribution >= 4 is 15.9 Å². The molecule has 2 saturated carbocycles. The van der Waals surface area contributed by atoms with E-state index in [-0.39, 0.29) is 11.9 Å². The van der Waals surface area contributed by atoms with E-state index in [2.05, 4.69) is 15.9 Å². The molecule has 1 aromatic rings. The Hall–Kier alpha value is -0.410. The lowest BCUT2D eigenvalue weighted by Gasteiger charge is -2.21. The fourth-order valence-corrected chi connectivity index (χ4v) is 3.47. The number of nitrogens with two attached hydrogens (primary N) is 1. The summed E-state index contributed by atoms with van der Waals surface area (Å²) in [6.07, 6.45) is 3.76. The minimum absolute atomic E-state index is 0.134. The fourth-order valence-electron chi connectivity index (χ4n) is 3.09. The predicted octanol–water partition coefficient (Wildman–Crippen LogP) is 3.63. The zero-order chi connectivity index (χ0) is 11.3. The quantitative estimate of drug-likeness (QED) is 0.881. The van der Waals surface area contributed by atoms with Gasteiger partial charge in [0.15, 0.2) is 0 Å². The lowest BCUT2D eigenvalue weighted by Crippen LogP contribution is -2.21. The second-order valence-electron chi connectivity index (χ2n) is 5.16. The van der Waals surface area contributed by atoms with Crippen LogP contribution >= 0.6 is 15.9 Å². The lowest BCUT2D eigenvalue weighted by molar-refractivity contribution is 0.392. The molecule has 16 heavy (non-hydrogen) atoms. The van der Waals surface area contributed by atoms with Gasteiger partial charge in [0.25, 0.3) is 0 Å². The van der Waals surface area contributed by atoms with Gasteiger partial charge in [-0.15, -0.1) is 0 Å². The van der Waals surface area contributed by atoms with Crippen LogP contribution in [0.5, 0.6) is 0 Å². The van der Waals surface area contributed by atoms with Gasteiger partial charge < -0.3 is 5.73 Å². The van der Waals surface area contributed by atoms with Gasteiger partial charge in [0, 0.05) is 11.6 Å². The average Bonchev–Trinajstić information content (AvgIpc) is 2.89. The van der Waals surface area contributed by atoms with Gasteiger partial charge in [-0.1, -0.05) is 12.1 Å². The molecule has 86 valence electrons. The average molecular weight is 284 g/mol. The highest BCUT2D eigenvalue weighted by Gasteiger charge is 2.47. The first kappa shape index (κ1) is 10.7. The van der Waals surface area contributed by atoms with E-state index in [0.717, 1.165) is 11.8 Å². The first-order valence-electron chi connectivity index (χ1n) is 5.86. The van der Waals surface area contributed by atoms with Crippen molar-refractivity contribution in [1.82, 2.24) is 0 Å². The van der Waals surface area contributed by atoms with Crippen molar-refractivity contribution in [1.29, 1.82) is 0 Å². The molecule has 2 aliphatic carbocycles. The minimum Gasteiger partial charge on any atom is -0.324 e. The molecule has 1 aromatic carbocycles. The van der Waals surface area contributed by atoms with E-state index < -0.39 is 0 Å². The molecule has 2 aliphatic rings. The predicted molar refractivity (Wildman–Crippen MR) is 65.3 cm³/mol. The van der Waals surface area contributed by atoms with Crippen molar-refractivity contribution in [3.8, 4) is 0 Å². The van der Waals surface area contributed by atoms with Gasteiger partial charge in [-0.05, 0) is 59.0 Å². The maximum absolute atomic E-state index is 13.9. The molecule has 0 amide bonds. The van der Waals surface area contributed by atoms with Gasteiger partial charge in [-0.2, -0.15) is 0 Å². The molecule has 0 saturated heterocycles. The van der Waals surface area contributed by atoms with Crippen molar-refractivity contribution in [3.05, 3.63) is 34.1 Å². The van der Waals surface area contributed by atoms with E-state index in [4.69, 9.17) is 5.73 Å². The number of halogens is 2. The number of fused-ring (bicyclic) bond motifs is 1. The maximum atomic E-state index is 13.9. The van der Waals surface area contributed by atoms with E-state index in [9.17, 15) is 4.39 Å². The van der Waals surface area contributed by atoms with Crippen molar-refractivity contribution in [3.63, 3.8) is 0 Å². The molecule has 3 unspecified atom stereocenters. The Morgan fingerprint density at radius 1 is 1.25 bits per heavy atom. The summed E-state index contributed by atoms with van der Waals surface area (Å²) in [5, 5.41) is 0. The van der Waals surface area contributed by atoms with Gasteiger partial charge in [0.1, 0.15) is 5.82 Å². The monoisotopic (exact) mass is 283 g/mol. The molecular weight excluding hydrogens is 269 g/mol. The summed E-state index contributed by atoms with van der Waals surface area (Å²) in [7, 11) is 0. The Bertz CT molecular complexity index is 410. The van der Waals surface area contributed by atoms with E-state index in [1.54, 1.807) is 6.07 Å². The van der Waals surface area contributed by atoms with Crippen LogP contribution < -0.4 is 5.73 Å². The van der Waals surface area contributed by atoms with Crippen LogP contribution in [-0.4, -0.2) is 0 Å². The van der Waals surface area contributed by atoms with E-state index in [1.165, 1.54) is 19.3 Å². The van der Waals surface area contributed by atoms with Crippen molar-refractivity contribution in [2.24, 2.45) is 23.5 Å². The van der Waals surface area contributed by atoms with Crippen LogP contribution in [-0.2, 0) is 0 Å². The highest BCUT2D eigenvalue weighted by molar-refractivity contribution is 9.10. The largest absolute Gasteiger partial charge is 0.324 e. The Balaban J connectivity index is 1.83. The Kier molecular flexibility index (Phi) is 2.55. The molecular formula is C13H15BrFN. The number of hydrogen-bond acceptors (Lipinski definition) is 1. The van der Waals surface area contributed by atoms with E-state index in [1.807, 2.05) is 12.1 Å². The van der Waals surface area contributed by atoms with Crippen molar-refractivity contribution in [2.45, 2.75) is 25.3 Å². The third-order valence-electron chi connectivity index (χ3n) is 4.13. The molecule has 2 fully saturated rings. The fraction of sp³-hybridized carbons (Fsp3) is 0.538. The summed E-state index contributed by atoms with van der Waals surface area (Å²) in [5.74, 6) is 2.08. The SMILES string of the molecule is NC(c1cccc(Br)c1F)C1CC2CC2C1. The minimum atomic E-state index is -0.185. The Labute approximate surface area is 103 Å². The molecule has 3 rings (SSSR count). The van der Waals surface area contributed by atoms with Crippen molar-refractivity contribution in [2.75, 3.05) is 0 Å². The molecule has 3 atom stereocenters. The zero-order valence-electron chi connectivity index (χ0n) is 9.00. The first-order chi connectivity index (χ1) is 7.66. The lowest BCUT2D eigenvalue weighted by atomic mass is 9.89. The second kappa shape index (κ2) is 3.81. The van der Waals surface area contributed by atoms with E-state index in [0.29, 0.717) is 16.0 Å². The first-order valence-corrected chi connectivity index (χ1v) is 6.65. The highest BCUT2D eigenvalue weighted by atomic mass is 79.9. The standard InChI is InChI=1S/C13H15BrFN/c14-11-3-1-2-10(12(11)15)13(16)9-5-7-4-8(7)6-9/h1-3,7-9,13H,4-6,16H2. The Morgan fingerprint density at radius 2 is 1.94 bits per heavy atom. The second-order valence-corrected chi connectivity index (χ2v) is 6.01. The molecule has 0 aliphatic heterocycles. The van der Waals surface area contributed by atoms with Crippen LogP contribution in [0.3, 0.4) is 0 Å². The number of benzene rings is 1. The maximum Gasteiger partial charge on any atom is 0.142 e. The molecule has 0 aromatic heterocycles. The van der Waals surface area contributed by atoms with Crippen LogP contribution in [0.2, 0.25) is 0 Å². The summed E-state index contributed by atoms with van der Waals surface area (Å²) in [4.78, 5) is 0. The van der Waals surface area contributed by atoms with Crippen LogP contribution in [0, 0.1) is 23.6 Å². The normalized spacial score (nSPS) is 33.6. The van der Waals surface area contributed by atoms with Gasteiger partial charge in [-0.3, -0.25) is 0 Å². The summed E-state index contributed by atoms with van der Waals surface area (Å²) < 4.78 is 14.4. The topological polar surface area (TPSA) is 26.0 Å². The van der Waals surface area contributed by atoms with E-state index >= 15 is 0 Å². The molecule has 0 heterocycles. The molecule has 0 radical (unpaired) electrons. The van der Waals surface area contributed by atoms with Gasteiger partial charge in [-0.25, -0.2) is 4.39 Å². The van der Waals surface area contributed by atoms with Gasteiger partial charge >= 0.3 is 0 Å². The molecule has 3 heteroatoms. The third kappa shape index (κ3) is 1.70. The highest BCUT2D eigenvalue weighted by Crippen LogP contribution is 2.56. The van der Waals surface area contributed by atoms with Crippen LogP contribution in [0.4, 0.5) is 4.39 Å². The van der Waals surface area contributed by atoms with Gasteiger partial charge in [0.05, 0.1) is 4.47 Å². The molecule has 0 bridgehead atoms. The zero-order valence-corrected chi connectivity index (χ0v) is 10.6. The molecule has 0 spiro atoms.